The highest BCUT2D eigenvalue weighted by Gasteiger charge is 2.00. The number of hydrogen-bond acceptors (Lipinski definition) is 3. The molecule has 1 atom stereocenters. The summed E-state index contributed by atoms with van der Waals surface area (Å²) in [5.41, 5.74) is 6.15. The van der Waals surface area contributed by atoms with Crippen molar-refractivity contribution in [3.05, 3.63) is 30.1 Å². The first-order valence-corrected chi connectivity index (χ1v) is 3.89. The smallest absolute Gasteiger partial charge is 0.120 e. The molecule has 1 aromatic rings. The lowest BCUT2D eigenvalue weighted by Gasteiger charge is -1.98. The minimum Gasteiger partial charge on any atom is -0.312 e. The molecule has 1 rings (SSSR count). The highest BCUT2D eigenvalue weighted by atomic mass is 14.7. The first kappa shape index (κ1) is 10.6. The molecule has 1 unspecified atom stereocenters. The average molecular weight is 165 g/mol. The molecule has 0 aliphatic heterocycles. The zero-order valence-corrected chi connectivity index (χ0v) is 7.36. The quantitative estimate of drug-likeness (QED) is 0.691. The third-order valence-electron chi connectivity index (χ3n) is 1.18. The van der Waals surface area contributed by atoms with Gasteiger partial charge in [-0.05, 0) is 6.07 Å². The predicted molar refractivity (Wildman–Crippen MR) is 50.2 cm³/mol. The van der Waals surface area contributed by atoms with Crippen molar-refractivity contribution in [2.45, 2.75) is 19.9 Å². The minimum absolute atomic E-state index is 0. The SMILES string of the molecule is CC.N#CC(N)c1cccnc1.[HH]. The van der Waals surface area contributed by atoms with E-state index in [1.807, 2.05) is 19.9 Å². The molecular weight excluding hydrogens is 150 g/mol. The molecule has 1 aromatic heterocycles. The Kier molecular flexibility index (Phi) is 5.58. The molecule has 12 heavy (non-hydrogen) atoms. The van der Waals surface area contributed by atoms with Gasteiger partial charge < -0.3 is 5.73 Å². The van der Waals surface area contributed by atoms with E-state index in [1.165, 1.54) is 0 Å². The zero-order chi connectivity index (χ0) is 9.40. The van der Waals surface area contributed by atoms with Crippen LogP contribution in [0.25, 0.3) is 0 Å². The van der Waals surface area contributed by atoms with Crippen LogP contribution in [0.1, 0.15) is 26.9 Å². The van der Waals surface area contributed by atoms with Crippen LogP contribution < -0.4 is 5.73 Å². The molecule has 0 aliphatic carbocycles. The molecule has 2 N–H and O–H groups in total. The van der Waals surface area contributed by atoms with Crippen LogP contribution in [0.5, 0.6) is 0 Å². The highest BCUT2D eigenvalue weighted by molar-refractivity contribution is 5.18. The maximum absolute atomic E-state index is 8.39. The van der Waals surface area contributed by atoms with Gasteiger partial charge in [0.25, 0.3) is 0 Å². The topological polar surface area (TPSA) is 62.7 Å². The molecule has 0 radical (unpaired) electrons. The van der Waals surface area contributed by atoms with Crippen molar-refractivity contribution in [3.63, 3.8) is 0 Å². The predicted octanol–water partition coefficient (Wildman–Crippen LogP) is 1.88. The summed E-state index contributed by atoms with van der Waals surface area (Å²) in [7, 11) is 0. The molecule has 0 spiro atoms. The molecule has 0 amide bonds. The van der Waals surface area contributed by atoms with Crippen LogP contribution in [-0.2, 0) is 0 Å². The second kappa shape index (κ2) is 6.32. The van der Waals surface area contributed by atoms with Crippen LogP contribution in [0.3, 0.4) is 0 Å². The van der Waals surface area contributed by atoms with E-state index in [9.17, 15) is 0 Å². The van der Waals surface area contributed by atoms with Crippen LogP contribution in [-0.4, -0.2) is 4.98 Å². The second-order valence-electron chi connectivity index (χ2n) is 1.89. The Morgan fingerprint density at radius 1 is 1.67 bits per heavy atom. The maximum atomic E-state index is 8.39. The van der Waals surface area contributed by atoms with Gasteiger partial charge in [0.05, 0.1) is 6.07 Å². The van der Waals surface area contributed by atoms with Gasteiger partial charge in [-0.1, -0.05) is 19.9 Å². The van der Waals surface area contributed by atoms with E-state index in [0.717, 1.165) is 5.56 Å². The Labute approximate surface area is 74.3 Å². The second-order valence-corrected chi connectivity index (χ2v) is 1.89. The van der Waals surface area contributed by atoms with Crippen molar-refractivity contribution in [1.82, 2.24) is 4.98 Å². The number of pyridine rings is 1. The van der Waals surface area contributed by atoms with Gasteiger partial charge in [0.2, 0.25) is 0 Å². The number of nitrogens with zero attached hydrogens (tertiary/aromatic N) is 2. The van der Waals surface area contributed by atoms with E-state index in [1.54, 1.807) is 24.5 Å². The molecule has 3 heteroatoms. The van der Waals surface area contributed by atoms with Crippen molar-refractivity contribution in [2.75, 3.05) is 0 Å². The maximum Gasteiger partial charge on any atom is 0.120 e. The zero-order valence-electron chi connectivity index (χ0n) is 7.36. The third-order valence-corrected chi connectivity index (χ3v) is 1.18. The fraction of sp³-hybridized carbons (Fsp3) is 0.333. The lowest BCUT2D eigenvalue weighted by Crippen LogP contribution is -2.06. The highest BCUT2D eigenvalue weighted by Crippen LogP contribution is 2.04. The van der Waals surface area contributed by atoms with Crippen LogP contribution >= 0.6 is 0 Å². The largest absolute Gasteiger partial charge is 0.312 e. The standard InChI is InChI=1S/C7H7N3.C2H6.H2/c8-4-7(9)6-2-1-3-10-5-6;1-2;/h1-3,5,7H,9H2;1-2H3;1H. The van der Waals surface area contributed by atoms with Crippen molar-refractivity contribution in [2.24, 2.45) is 5.73 Å². The van der Waals surface area contributed by atoms with E-state index in [4.69, 9.17) is 11.0 Å². The van der Waals surface area contributed by atoms with E-state index < -0.39 is 6.04 Å². The van der Waals surface area contributed by atoms with Gasteiger partial charge >= 0.3 is 0 Å². The van der Waals surface area contributed by atoms with Crippen LogP contribution in [0.15, 0.2) is 24.5 Å². The van der Waals surface area contributed by atoms with Crippen LogP contribution in [0.2, 0.25) is 0 Å². The summed E-state index contributed by atoms with van der Waals surface area (Å²) in [6.07, 6.45) is 3.24. The molecule has 3 nitrogen and oxygen atoms in total. The van der Waals surface area contributed by atoms with E-state index >= 15 is 0 Å². The fourth-order valence-electron chi connectivity index (χ4n) is 0.634. The van der Waals surface area contributed by atoms with E-state index in [-0.39, 0.29) is 1.43 Å². The van der Waals surface area contributed by atoms with Gasteiger partial charge in [0, 0.05) is 19.4 Å². The van der Waals surface area contributed by atoms with Gasteiger partial charge in [-0.15, -0.1) is 0 Å². The Balaban J connectivity index is 0. The summed E-state index contributed by atoms with van der Waals surface area (Å²) in [5, 5.41) is 8.39. The lowest BCUT2D eigenvalue weighted by atomic mass is 10.1. The Hall–Kier alpha value is -1.40. The molecule has 0 saturated carbocycles. The summed E-state index contributed by atoms with van der Waals surface area (Å²) < 4.78 is 0. The minimum atomic E-state index is -0.548. The Morgan fingerprint density at radius 3 is 2.75 bits per heavy atom. The number of nitrogens with two attached hydrogens (primary N) is 1. The Morgan fingerprint density at radius 2 is 2.33 bits per heavy atom. The van der Waals surface area contributed by atoms with Crippen LogP contribution in [0.4, 0.5) is 0 Å². The Bertz CT molecular complexity index is 243. The monoisotopic (exact) mass is 165 g/mol. The van der Waals surface area contributed by atoms with Gasteiger partial charge in [0.1, 0.15) is 6.04 Å². The molecule has 66 valence electrons. The summed E-state index contributed by atoms with van der Waals surface area (Å²) in [6, 6.07) is 4.91. The van der Waals surface area contributed by atoms with Crippen molar-refractivity contribution >= 4 is 0 Å². The van der Waals surface area contributed by atoms with E-state index in [0.29, 0.717) is 0 Å². The summed E-state index contributed by atoms with van der Waals surface area (Å²) >= 11 is 0. The van der Waals surface area contributed by atoms with Gasteiger partial charge in [0.15, 0.2) is 0 Å². The summed E-state index contributed by atoms with van der Waals surface area (Å²) in [4.78, 5) is 3.82. The third kappa shape index (κ3) is 3.13. The van der Waals surface area contributed by atoms with Crippen molar-refractivity contribution in [1.29, 1.82) is 5.26 Å². The normalized spacial score (nSPS) is 10.5. The average Bonchev–Trinajstić information content (AvgIpc) is 2.21. The van der Waals surface area contributed by atoms with Crippen molar-refractivity contribution < 1.29 is 1.43 Å². The van der Waals surface area contributed by atoms with Crippen LogP contribution in [0, 0.1) is 11.3 Å². The van der Waals surface area contributed by atoms with E-state index in [2.05, 4.69) is 4.98 Å². The van der Waals surface area contributed by atoms with Gasteiger partial charge in [-0.25, -0.2) is 0 Å². The number of rotatable bonds is 1. The fourth-order valence-corrected chi connectivity index (χ4v) is 0.634. The lowest BCUT2D eigenvalue weighted by molar-refractivity contribution is 0.915. The number of hydrogen-bond donors (Lipinski definition) is 1. The molecule has 1 heterocycles. The number of nitriles is 1. The molecule has 0 bridgehead atoms. The summed E-state index contributed by atoms with van der Waals surface area (Å²) in [6.45, 7) is 4.00. The molecule has 0 fully saturated rings. The first-order chi connectivity index (χ1) is 5.84. The molecule has 0 saturated heterocycles. The van der Waals surface area contributed by atoms with Gasteiger partial charge in [-0.3, -0.25) is 4.98 Å². The first-order valence-electron chi connectivity index (χ1n) is 3.89. The molecule has 0 aliphatic rings. The molecule has 0 aromatic carbocycles. The number of aromatic nitrogens is 1. The summed E-state index contributed by atoms with van der Waals surface area (Å²) in [5.74, 6) is 0. The molecular formula is C9H15N3. The van der Waals surface area contributed by atoms with Crippen molar-refractivity contribution in [3.8, 4) is 6.07 Å². The van der Waals surface area contributed by atoms with Gasteiger partial charge in [-0.2, -0.15) is 5.26 Å².